The predicted octanol–water partition coefficient (Wildman–Crippen LogP) is 2.92. The zero-order valence-corrected chi connectivity index (χ0v) is 14.8. The minimum absolute atomic E-state index is 0.173. The molecule has 0 aromatic heterocycles. The molecule has 4 nitrogen and oxygen atoms in total. The van der Waals surface area contributed by atoms with Gasteiger partial charge in [-0.25, -0.2) is 0 Å². The lowest BCUT2D eigenvalue weighted by molar-refractivity contribution is -0.129. The summed E-state index contributed by atoms with van der Waals surface area (Å²) >= 11 is 0. The van der Waals surface area contributed by atoms with Crippen molar-refractivity contribution in [3.05, 3.63) is 65.2 Å². The summed E-state index contributed by atoms with van der Waals surface area (Å²) in [5, 5.41) is 0. The summed E-state index contributed by atoms with van der Waals surface area (Å²) < 4.78 is 5.91. The van der Waals surface area contributed by atoms with Gasteiger partial charge in [0.05, 0.1) is 6.42 Å². The van der Waals surface area contributed by atoms with Crippen molar-refractivity contribution in [1.82, 2.24) is 4.90 Å². The Hall–Kier alpha value is -2.33. The van der Waals surface area contributed by atoms with Crippen molar-refractivity contribution in [2.24, 2.45) is 11.7 Å². The van der Waals surface area contributed by atoms with E-state index in [4.69, 9.17) is 10.5 Å². The topological polar surface area (TPSA) is 55.6 Å². The average molecular weight is 338 g/mol. The minimum Gasteiger partial charge on any atom is -0.489 e. The van der Waals surface area contributed by atoms with Crippen LogP contribution in [-0.4, -0.2) is 30.4 Å². The van der Waals surface area contributed by atoms with Crippen LogP contribution in [0.3, 0.4) is 0 Å². The van der Waals surface area contributed by atoms with Crippen molar-refractivity contribution < 1.29 is 9.53 Å². The molecule has 2 aromatic rings. The van der Waals surface area contributed by atoms with Crippen molar-refractivity contribution in [3.63, 3.8) is 0 Å². The Morgan fingerprint density at radius 2 is 2.08 bits per heavy atom. The second-order valence-corrected chi connectivity index (χ2v) is 6.77. The first-order valence-corrected chi connectivity index (χ1v) is 8.90. The Morgan fingerprint density at radius 1 is 1.24 bits per heavy atom. The minimum atomic E-state index is 0.173. The highest BCUT2D eigenvalue weighted by Crippen LogP contribution is 2.19. The van der Waals surface area contributed by atoms with E-state index in [1.54, 1.807) is 0 Å². The second kappa shape index (κ2) is 8.17. The molecule has 1 saturated heterocycles. The van der Waals surface area contributed by atoms with E-state index in [1.807, 2.05) is 41.3 Å². The highest BCUT2D eigenvalue weighted by Gasteiger charge is 2.25. The van der Waals surface area contributed by atoms with Crippen molar-refractivity contribution in [3.8, 4) is 5.75 Å². The fourth-order valence-corrected chi connectivity index (χ4v) is 3.22. The molecule has 132 valence electrons. The quantitative estimate of drug-likeness (QED) is 0.881. The molecule has 0 aliphatic carbocycles. The molecule has 2 N–H and O–H groups in total. The van der Waals surface area contributed by atoms with E-state index in [9.17, 15) is 4.79 Å². The number of carbonyl (C=O) groups excluding carboxylic acids is 1. The van der Waals surface area contributed by atoms with Crippen LogP contribution in [0.5, 0.6) is 5.75 Å². The van der Waals surface area contributed by atoms with Crippen molar-refractivity contribution >= 4 is 5.91 Å². The Kier molecular flexibility index (Phi) is 5.71. The average Bonchev–Trinajstić information content (AvgIpc) is 3.11. The summed E-state index contributed by atoms with van der Waals surface area (Å²) in [4.78, 5) is 14.4. The van der Waals surface area contributed by atoms with E-state index in [1.165, 1.54) is 11.1 Å². The molecule has 0 bridgehead atoms. The van der Waals surface area contributed by atoms with Crippen molar-refractivity contribution in [2.75, 3.05) is 19.6 Å². The summed E-state index contributed by atoms with van der Waals surface area (Å²) in [5.41, 5.74) is 9.09. The molecule has 1 amide bonds. The van der Waals surface area contributed by atoms with Crippen LogP contribution >= 0.6 is 0 Å². The van der Waals surface area contributed by atoms with Crippen LogP contribution in [-0.2, 0) is 17.8 Å². The largest absolute Gasteiger partial charge is 0.489 e. The third kappa shape index (κ3) is 4.60. The maximum Gasteiger partial charge on any atom is 0.227 e. The molecular formula is C21H26N2O2. The first-order valence-electron chi connectivity index (χ1n) is 8.90. The lowest BCUT2D eigenvalue weighted by Gasteiger charge is -2.16. The summed E-state index contributed by atoms with van der Waals surface area (Å²) in [6, 6.07) is 16.0. The third-order valence-electron chi connectivity index (χ3n) is 4.88. The molecule has 1 heterocycles. The van der Waals surface area contributed by atoms with Crippen LogP contribution in [0.15, 0.2) is 48.5 Å². The molecule has 3 rings (SSSR count). The number of hydrogen-bond donors (Lipinski definition) is 1. The van der Waals surface area contributed by atoms with Crippen LogP contribution in [0.25, 0.3) is 0 Å². The van der Waals surface area contributed by atoms with Crippen LogP contribution in [0, 0.1) is 12.8 Å². The van der Waals surface area contributed by atoms with Gasteiger partial charge in [-0.15, -0.1) is 0 Å². The molecule has 2 aromatic carbocycles. The molecule has 0 saturated carbocycles. The van der Waals surface area contributed by atoms with Gasteiger partial charge in [0, 0.05) is 13.1 Å². The van der Waals surface area contributed by atoms with Crippen LogP contribution in [0.1, 0.15) is 23.1 Å². The van der Waals surface area contributed by atoms with E-state index in [0.717, 1.165) is 30.8 Å². The molecule has 1 atom stereocenters. The number of nitrogens with two attached hydrogens (primary N) is 1. The number of likely N-dealkylation sites (tertiary alicyclic amines) is 1. The van der Waals surface area contributed by atoms with Gasteiger partial charge in [0.15, 0.2) is 0 Å². The molecule has 0 spiro atoms. The van der Waals surface area contributed by atoms with E-state index in [2.05, 4.69) is 19.1 Å². The van der Waals surface area contributed by atoms with E-state index in [-0.39, 0.29) is 5.91 Å². The maximum absolute atomic E-state index is 12.5. The fraction of sp³-hybridized carbons (Fsp3) is 0.381. The van der Waals surface area contributed by atoms with Gasteiger partial charge in [-0.2, -0.15) is 0 Å². The van der Waals surface area contributed by atoms with E-state index < -0.39 is 0 Å². The van der Waals surface area contributed by atoms with Gasteiger partial charge in [-0.05, 0) is 54.6 Å². The second-order valence-electron chi connectivity index (χ2n) is 6.77. The Labute approximate surface area is 149 Å². The molecule has 1 aliphatic rings. The summed E-state index contributed by atoms with van der Waals surface area (Å²) in [5.74, 6) is 1.43. The standard InChI is InChI=1S/C21H26N2O2/c1-16-5-2-3-7-19(16)15-25-20-8-4-6-17(11-20)12-21(24)23-10-9-18(13-22)14-23/h2-8,11,18H,9-10,12-15,22H2,1H3/t18-/m0/s1. The summed E-state index contributed by atoms with van der Waals surface area (Å²) in [6.07, 6.45) is 1.43. The first kappa shape index (κ1) is 17.5. The monoisotopic (exact) mass is 338 g/mol. The number of ether oxygens (including phenoxy) is 1. The molecule has 1 aliphatic heterocycles. The Balaban J connectivity index is 1.58. The highest BCUT2D eigenvalue weighted by atomic mass is 16.5. The summed E-state index contributed by atoms with van der Waals surface area (Å²) in [7, 11) is 0. The molecule has 1 fully saturated rings. The first-order chi connectivity index (χ1) is 12.2. The molecule has 0 unspecified atom stereocenters. The Bertz CT molecular complexity index is 729. The van der Waals surface area contributed by atoms with Crippen molar-refractivity contribution in [1.29, 1.82) is 0 Å². The Morgan fingerprint density at radius 3 is 2.84 bits per heavy atom. The van der Waals surface area contributed by atoms with E-state index >= 15 is 0 Å². The molecule has 4 heteroatoms. The fourth-order valence-electron chi connectivity index (χ4n) is 3.22. The van der Waals surface area contributed by atoms with Gasteiger partial charge in [0.25, 0.3) is 0 Å². The maximum atomic E-state index is 12.5. The lowest BCUT2D eigenvalue weighted by atomic mass is 10.1. The predicted molar refractivity (Wildman–Crippen MR) is 99.4 cm³/mol. The van der Waals surface area contributed by atoms with Gasteiger partial charge in [0.2, 0.25) is 5.91 Å². The lowest BCUT2D eigenvalue weighted by Crippen LogP contribution is -2.31. The number of aryl methyl sites for hydroxylation is 1. The number of carbonyl (C=O) groups is 1. The van der Waals surface area contributed by atoms with Gasteiger partial charge in [0.1, 0.15) is 12.4 Å². The molecule has 25 heavy (non-hydrogen) atoms. The van der Waals surface area contributed by atoms with Crippen LogP contribution in [0.2, 0.25) is 0 Å². The van der Waals surface area contributed by atoms with Gasteiger partial charge in [-0.3, -0.25) is 4.79 Å². The van der Waals surface area contributed by atoms with Gasteiger partial charge in [-0.1, -0.05) is 36.4 Å². The number of hydrogen-bond acceptors (Lipinski definition) is 3. The molecule has 0 radical (unpaired) electrons. The van der Waals surface area contributed by atoms with E-state index in [0.29, 0.717) is 25.5 Å². The normalized spacial score (nSPS) is 16.9. The van der Waals surface area contributed by atoms with Crippen LogP contribution < -0.4 is 10.5 Å². The number of benzene rings is 2. The third-order valence-corrected chi connectivity index (χ3v) is 4.88. The smallest absolute Gasteiger partial charge is 0.227 e. The van der Waals surface area contributed by atoms with Crippen molar-refractivity contribution in [2.45, 2.75) is 26.4 Å². The summed E-state index contributed by atoms with van der Waals surface area (Å²) in [6.45, 7) is 4.89. The van der Waals surface area contributed by atoms with Gasteiger partial charge < -0.3 is 15.4 Å². The number of amides is 1. The molecular weight excluding hydrogens is 312 g/mol. The SMILES string of the molecule is Cc1ccccc1COc1cccc(CC(=O)N2CC[C@@H](CN)C2)c1. The highest BCUT2D eigenvalue weighted by molar-refractivity contribution is 5.79. The van der Waals surface area contributed by atoms with Gasteiger partial charge >= 0.3 is 0 Å². The zero-order valence-electron chi connectivity index (χ0n) is 14.8. The number of nitrogens with zero attached hydrogens (tertiary/aromatic N) is 1. The zero-order chi connectivity index (χ0) is 17.6. The number of rotatable bonds is 6. The van der Waals surface area contributed by atoms with Crippen LogP contribution in [0.4, 0.5) is 0 Å².